The first kappa shape index (κ1) is 14.8. The van der Waals surface area contributed by atoms with Gasteiger partial charge in [0.2, 0.25) is 0 Å². The van der Waals surface area contributed by atoms with Gasteiger partial charge in [-0.25, -0.2) is 0 Å². The Morgan fingerprint density at radius 1 is 1.10 bits per heavy atom. The van der Waals surface area contributed by atoms with Crippen LogP contribution >= 0.6 is 0 Å². The van der Waals surface area contributed by atoms with Gasteiger partial charge in [0.15, 0.2) is 0 Å². The Kier molecular flexibility index (Phi) is 4.40. The van der Waals surface area contributed by atoms with Gasteiger partial charge in [0, 0.05) is 18.6 Å². The standard InChI is InChI=1S/C17H31NO2/c1-14-16(13-18-2,10-11-19-14)12-15-6-9-17(20-15)7-4-3-5-8-17/h14-15,18H,3-13H2,1-2H3. The normalized spacial score (nSPS) is 40.5. The Bertz CT molecular complexity index is 327. The first-order chi connectivity index (χ1) is 9.68. The second-order valence-corrected chi connectivity index (χ2v) is 7.38. The summed E-state index contributed by atoms with van der Waals surface area (Å²) >= 11 is 0. The minimum atomic E-state index is 0.256. The van der Waals surface area contributed by atoms with E-state index < -0.39 is 0 Å². The second kappa shape index (κ2) is 5.94. The van der Waals surface area contributed by atoms with Gasteiger partial charge in [0.25, 0.3) is 0 Å². The van der Waals surface area contributed by atoms with E-state index in [2.05, 4.69) is 19.3 Å². The third-order valence-corrected chi connectivity index (χ3v) is 6.10. The predicted molar refractivity (Wildman–Crippen MR) is 80.9 cm³/mol. The van der Waals surface area contributed by atoms with Crippen molar-refractivity contribution in [2.24, 2.45) is 5.41 Å². The topological polar surface area (TPSA) is 30.5 Å². The van der Waals surface area contributed by atoms with Gasteiger partial charge in [-0.05, 0) is 52.5 Å². The Hall–Kier alpha value is -0.120. The van der Waals surface area contributed by atoms with Crippen LogP contribution in [0.4, 0.5) is 0 Å². The molecule has 0 bridgehead atoms. The predicted octanol–water partition coefficient (Wildman–Crippen LogP) is 3.27. The Morgan fingerprint density at radius 2 is 1.90 bits per heavy atom. The molecule has 116 valence electrons. The molecule has 0 aromatic rings. The third-order valence-electron chi connectivity index (χ3n) is 6.10. The molecule has 3 atom stereocenters. The highest BCUT2D eigenvalue weighted by molar-refractivity contribution is 4.97. The molecule has 1 spiro atoms. The number of ether oxygens (including phenoxy) is 2. The molecule has 1 N–H and O–H groups in total. The maximum atomic E-state index is 6.59. The zero-order valence-corrected chi connectivity index (χ0v) is 13.2. The van der Waals surface area contributed by atoms with Crippen LogP contribution in [0.25, 0.3) is 0 Å². The zero-order valence-electron chi connectivity index (χ0n) is 13.2. The van der Waals surface area contributed by atoms with Crippen molar-refractivity contribution in [1.29, 1.82) is 0 Å². The first-order valence-corrected chi connectivity index (χ1v) is 8.62. The molecule has 3 rings (SSSR count). The van der Waals surface area contributed by atoms with Crippen LogP contribution in [0.3, 0.4) is 0 Å². The summed E-state index contributed by atoms with van der Waals surface area (Å²) in [4.78, 5) is 0. The Balaban J connectivity index is 1.62. The van der Waals surface area contributed by atoms with Crippen LogP contribution < -0.4 is 5.32 Å². The highest BCUT2D eigenvalue weighted by atomic mass is 16.5. The summed E-state index contributed by atoms with van der Waals surface area (Å²) in [6.45, 7) is 4.22. The van der Waals surface area contributed by atoms with E-state index in [1.807, 2.05) is 0 Å². The smallest absolute Gasteiger partial charge is 0.0687 e. The van der Waals surface area contributed by atoms with Crippen LogP contribution in [0.15, 0.2) is 0 Å². The van der Waals surface area contributed by atoms with E-state index in [1.54, 1.807) is 0 Å². The Labute approximate surface area is 123 Å². The molecule has 2 saturated heterocycles. The van der Waals surface area contributed by atoms with Crippen molar-refractivity contribution >= 4 is 0 Å². The fourth-order valence-corrected chi connectivity index (χ4v) is 4.80. The highest BCUT2D eigenvalue weighted by Crippen LogP contribution is 2.47. The van der Waals surface area contributed by atoms with Gasteiger partial charge in [-0.3, -0.25) is 0 Å². The van der Waals surface area contributed by atoms with Crippen LogP contribution in [0.5, 0.6) is 0 Å². The minimum Gasteiger partial charge on any atom is -0.378 e. The highest BCUT2D eigenvalue weighted by Gasteiger charge is 2.47. The largest absolute Gasteiger partial charge is 0.378 e. The molecular formula is C17H31NO2. The molecule has 0 radical (unpaired) electrons. The van der Waals surface area contributed by atoms with Crippen molar-refractivity contribution in [2.45, 2.75) is 82.5 Å². The van der Waals surface area contributed by atoms with Gasteiger partial charge in [-0.15, -0.1) is 0 Å². The van der Waals surface area contributed by atoms with E-state index in [9.17, 15) is 0 Å². The maximum absolute atomic E-state index is 6.59. The van der Waals surface area contributed by atoms with E-state index in [1.165, 1.54) is 57.8 Å². The van der Waals surface area contributed by atoms with Crippen molar-refractivity contribution in [1.82, 2.24) is 5.32 Å². The minimum absolute atomic E-state index is 0.256. The second-order valence-electron chi connectivity index (χ2n) is 7.38. The number of rotatable bonds is 4. The Morgan fingerprint density at radius 3 is 2.55 bits per heavy atom. The van der Waals surface area contributed by atoms with Crippen LogP contribution in [0.2, 0.25) is 0 Å². The van der Waals surface area contributed by atoms with Gasteiger partial charge in [0.1, 0.15) is 0 Å². The summed E-state index contributed by atoms with van der Waals surface area (Å²) in [6, 6.07) is 0. The van der Waals surface area contributed by atoms with Crippen molar-refractivity contribution in [3.8, 4) is 0 Å². The lowest BCUT2D eigenvalue weighted by Gasteiger charge is -2.37. The van der Waals surface area contributed by atoms with Gasteiger partial charge >= 0.3 is 0 Å². The van der Waals surface area contributed by atoms with Gasteiger partial charge < -0.3 is 14.8 Å². The van der Waals surface area contributed by atoms with Crippen molar-refractivity contribution in [3.05, 3.63) is 0 Å². The molecule has 2 heterocycles. The molecule has 3 aliphatic rings. The van der Waals surface area contributed by atoms with E-state index in [4.69, 9.17) is 9.47 Å². The lowest BCUT2D eigenvalue weighted by atomic mass is 9.76. The SMILES string of the molecule is CNCC1(CC2CCC3(CCCCC3)O2)CCOC1C. The van der Waals surface area contributed by atoms with E-state index in [-0.39, 0.29) is 5.60 Å². The van der Waals surface area contributed by atoms with Crippen LogP contribution in [-0.4, -0.2) is 38.0 Å². The molecule has 0 aromatic carbocycles. The van der Waals surface area contributed by atoms with Crippen LogP contribution in [0.1, 0.15) is 64.7 Å². The lowest BCUT2D eigenvalue weighted by Crippen LogP contribution is -2.41. The molecule has 3 unspecified atom stereocenters. The number of nitrogens with one attached hydrogen (secondary N) is 1. The monoisotopic (exact) mass is 281 g/mol. The summed E-state index contributed by atoms with van der Waals surface area (Å²) in [5, 5.41) is 3.39. The van der Waals surface area contributed by atoms with Gasteiger partial charge in [0.05, 0.1) is 17.8 Å². The molecule has 1 aliphatic carbocycles. The molecular weight excluding hydrogens is 250 g/mol. The number of hydrogen-bond donors (Lipinski definition) is 1. The first-order valence-electron chi connectivity index (χ1n) is 8.62. The molecule has 3 fully saturated rings. The fraction of sp³-hybridized carbons (Fsp3) is 1.00. The van der Waals surface area contributed by atoms with E-state index in [0.717, 1.165) is 13.2 Å². The summed E-state index contributed by atoms with van der Waals surface area (Å²) in [7, 11) is 2.06. The van der Waals surface area contributed by atoms with Crippen LogP contribution in [0, 0.1) is 5.41 Å². The average molecular weight is 281 g/mol. The quantitative estimate of drug-likeness (QED) is 0.858. The van der Waals surface area contributed by atoms with E-state index in [0.29, 0.717) is 17.6 Å². The van der Waals surface area contributed by atoms with Crippen molar-refractivity contribution in [3.63, 3.8) is 0 Å². The van der Waals surface area contributed by atoms with Gasteiger partial charge in [-0.2, -0.15) is 0 Å². The molecule has 3 nitrogen and oxygen atoms in total. The number of hydrogen-bond acceptors (Lipinski definition) is 3. The molecule has 0 aromatic heterocycles. The summed E-state index contributed by atoms with van der Waals surface area (Å²) in [6.07, 6.45) is 12.5. The molecule has 3 heteroatoms. The fourth-order valence-electron chi connectivity index (χ4n) is 4.80. The van der Waals surface area contributed by atoms with Crippen LogP contribution in [-0.2, 0) is 9.47 Å². The summed E-state index contributed by atoms with van der Waals surface area (Å²) in [5.74, 6) is 0. The maximum Gasteiger partial charge on any atom is 0.0687 e. The molecule has 2 aliphatic heterocycles. The lowest BCUT2D eigenvalue weighted by molar-refractivity contribution is -0.0821. The summed E-state index contributed by atoms with van der Waals surface area (Å²) in [5.41, 5.74) is 0.548. The van der Waals surface area contributed by atoms with E-state index >= 15 is 0 Å². The summed E-state index contributed by atoms with van der Waals surface area (Å²) < 4.78 is 12.5. The van der Waals surface area contributed by atoms with Gasteiger partial charge in [-0.1, -0.05) is 19.3 Å². The molecule has 20 heavy (non-hydrogen) atoms. The molecule has 1 saturated carbocycles. The van der Waals surface area contributed by atoms with Crippen molar-refractivity contribution < 1.29 is 9.47 Å². The van der Waals surface area contributed by atoms with Crippen molar-refractivity contribution in [2.75, 3.05) is 20.2 Å². The third kappa shape index (κ3) is 2.77. The zero-order chi connectivity index (χ0) is 14.1. The average Bonchev–Trinajstić information content (AvgIpc) is 2.97. The molecule has 0 amide bonds.